The lowest BCUT2D eigenvalue weighted by atomic mass is 10.4. The zero-order chi connectivity index (χ0) is 10.9. The lowest BCUT2D eigenvalue weighted by Crippen LogP contribution is -2.36. The quantitative estimate of drug-likeness (QED) is 0.624. The van der Waals surface area contributed by atoms with Crippen molar-refractivity contribution in [3.05, 3.63) is 0 Å². The molecule has 0 bridgehead atoms. The van der Waals surface area contributed by atoms with Crippen molar-refractivity contribution in [1.29, 1.82) is 0 Å². The molecule has 4 nitrogen and oxygen atoms in total. The maximum atomic E-state index is 5.41. The lowest BCUT2D eigenvalue weighted by Gasteiger charge is -2.19. The van der Waals surface area contributed by atoms with Crippen molar-refractivity contribution < 1.29 is 4.74 Å². The van der Waals surface area contributed by atoms with Crippen LogP contribution in [0, 0.1) is 0 Å². The number of ether oxygens (including phenoxy) is 1. The van der Waals surface area contributed by atoms with Gasteiger partial charge in [-0.2, -0.15) is 0 Å². The molecular formula is C11H25N3O. The van der Waals surface area contributed by atoms with E-state index in [1.165, 1.54) is 13.0 Å². The van der Waals surface area contributed by atoms with E-state index in [4.69, 9.17) is 4.74 Å². The largest absolute Gasteiger partial charge is 0.380 e. The minimum atomic E-state index is 0.900. The number of rotatable bonds is 6. The number of hydrogen-bond donors (Lipinski definition) is 1. The van der Waals surface area contributed by atoms with Gasteiger partial charge >= 0.3 is 0 Å². The molecule has 0 aliphatic carbocycles. The monoisotopic (exact) mass is 215 g/mol. The maximum Gasteiger partial charge on any atom is 0.0593 e. The molecule has 0 aromatic rings. The molecule has 1 N–H and O–H groups in total. The molecule has 90 valence electrons. The predicted octanol–water partition coefficient (Wildman–Crippen LogP) is -0.140. The zero-order valence-electron chi connectivity index (χ0n) is 10.2. The lowest BCUT2D eigenvalue weighted by molar-refractivity contribution is 0.141. The molecule has 1 fully saturated rings. The number of nitrogens with zero attached hydrogens (tertiary/aromatic N) is 2. The molecule has 0 aromatic carbocycles. The third-order valence-electron chi connectivity index (χ3n) is 2.66. The minimum absolute atomic E-state index is 0.900. The summed E-state index contributed by atoms with van der Waals surface area (Å²) in [6.45, 7) is 8.55. The van der Waals surface area contributed by atoms with E-state index in [1.807, 2.05) is 0 Å². The molecule has 0 amide bonds. The van der Waals surface area contributed by atoms with Crippen molar-refractivity contribution in [2.75, 3.05) is 66.6 Å². The molecule has 1 saturated heterocycles. The minimum Gasteiger partial charge on any atom is -0.380 e. The summed E-state index contributed by atoms with van der Waals surface area (Å²) in [6, 6.07) is 0. The zero-order valence-corrected chi connectivity index (χ0v) is 10.2. The Morgan fingerprint density at radius 3 is 2.87 bits per heavy atom. The fraction of sp³-hybridized carbons (Fsp3) is 1.00. The van der Waals surface area contributed by atoms with Crippen molar-refractivity contribution in [1.82, 2.24) is 15.1 Å². The third kappa shape index (κ3) is 6.84. The van der Waals surface area contributed by atoms with Gasteiger partial charge in [-0.1, -0.05) is 0 Å². The topological polar surface area (TPSA) is 27.7 Å². The van der Waals surface area contributed by atoms with Crippen LogP contribution in [0.15, 0.2) is 0 Å². The second kappa shape index (κ2) is 8.05. The first kappa shape index (κ1) is 12.9. The van der Waals surface area contributed by atoms with Gasteiger partial charge < -0.3 is 15.0 Å². The van der Waals surface area contributed by atoms with Crippen LogP contribution in [0.2, 0.25) is 0 Å². The van der Waals surface area contributed by atoms with E-state index in [1.54, 1.807) is 0 Å². The average molecular weight is 215 g/mol. The van der Waals surface area contributed by atoms with Gasteiger partial charge in [0.1, 0.15) is 0 Å². The molecule has 0 unspecified atom stereocenters. The Kier molecular flexibility index (Phi) is 6.92. The van der Waals surface area contributed by atoms with Gasteiger partial charge in [0.05, 0.1) is 6.61 Å². The van der Waals surface area contributed by atoms with Gasteiger partial charge in [0.15, 0.2) is 0 Å². The van der Waals surface area contributed by atoms with E-state index >= 15 is 0 Å². The van der Waals surface area contributed by atoms with E-state index in [0.717, 1.165) is 45.9 Å². The first-order valence-corrected chi connectivity index (χ1v) is 5.94. The normalized spacial score (nSPS) is 19.4. The fourth-order valence-corrected chi connectivity index (χ4v) is 1.69. The molecule has 0 radical (unpaired) electrons. The Labute approximate surface area is 93.6 Å². The highest BCUT2D eigenvalue weighted by Gasteiger charge is 2.07. The van der Waals surface area contributed by atoms with E-state index in [2.05, 4.69) is 29.2 Å². The van der Waals surface area contributed by atoms with Gasteiger partial charge in [0.25, 0.3) is 0 Å². The van der Waals surface area contributed by atoms with Crippen molar-refractivity contribution >= 4 is 0 Å². The SMILES string of the molecule is CN(C)CCNCCN1CCCOCC1. The van der Waals surface area contributed by atoms with Gasteiger partial charge in [0.2, 0.25) is 0 Å². The second-order valence-corrected chi connectivity index (χ2v) is 4.36. The molecule has 1 rings (SSSR count). The summed E-state index contributed by atoms with van der Waals surface area (Å²) in [5, 5.41) is 3.46. The summed E-state index contributed by atoms with van der Waals surface area (Å²) >= 11 is 0. The van der Waals surface area contributed by atoms with Crippen LogP contribution >= 0.6 is 0 Å². The summed E-state index contributed by atoms with van der Waals surface area (Å²) in [6.07, 6.45) is 1.18. The first-order valence-electron chi connectivity index (χ1n) is 5.94. The van der Waals surface area contributed by atoms with Crippen LogP contribution in [-0.2, 0) is 4.74 Å². The standard InChI is InChI=1S/C11H25N3O/c1-13(2)7-4-12-5-8-14-6-3-10-15-11-9-14/h12H,3-11H2,1-2H3. The van der Waals surface area contributed by atoms with Gasteiger partial charge in [-0.25, -0.2) is 0 Å². The van der Waals surface area contributed by atoms with Gasteiger partial charge in [-0.3, -0.25) is 4.90 Å². The highest BCUT2D eigenvalue weighted by atomic mass is 16.5. The van der Waals surface area contributed by atoms with Gasteiger partial charge in [-0.05, 0) is 20.5 Å². The van der Waals surface area contributed by atoms with Crippen molar-refractivity contribution in [3.63, 3.8) is 0 Å². The molecule has 1 aliphatic rings. The molecule has 0 atom stereocenters. The van der Waals surface area contributed by atoms with Crippen LogP contribution in [0.3, 0.4) is 0 Å². The number of likely N-dealkylation sites (N-methyl/N-ethyl adjacent to an activating group) is 1. The second-order valence-electron chi connectivity index (χ2n) is 4.36. The van der Waals surface area contributed by atoms with E-state index < -0.39 is 0 Å². The number of hydrogen-bond acceptors (Lipinski definition) is 4. The molecule has 4 heteroatoms. The van der Waals surface area contributed by atoms with Crippen molar-refractivity contribution in [2.45, 2.75) is 6.42 Å². The molecule has 0 spiro atoms. The Morgan fingerprint density at radius 2 is 2.07 bits per heavy atom. The molecular weight excluding hydrogens is 190 g/mol. The van der Waals surface area contributed by atoms with E-state index in [0.29, 0.717) is 0 Å². The van der Waals surface area contributed by atoms with Crippen molar-refractivity contribution in [3.8, 4) is 0 Å². The van der Waals surface area contributed by atoms with Crippen LogP contribution in [-0.4, -0.2) is 76.4 Å². The van der Waals surface area contributed by atoms with Crippen LogP contribution in [0.1, 0.15) is 6.42 Å². The van der Waals surface area contributed by atoms with Gasteiger partial charge in [0, 0.05) is 45.9 Å². The smallest absolute Gasteiger partial charge is 0.0593 e. The highest BCUT2D eigenvalue weighted by Crippen LogP contribution is 1.97. The van der Waals surface area contributed by atoms with Crippen LogP contribution in [0.5, 0.6) is 0 Å². The van der Waals surface area contributed by atoms with Crippen LogP contribution in [0.4, 0.5) is 0 Å². The van der Waals surface area contributed by atoms with Gasteiger partial charge in [-0.15, -0.1) is 0 Å². The number of nitrogens with one attached hydrogen (secondary N) is 1. The first-order chi connectivity index (χ1) is 7.29. The molecule has 15 heavy (non-hydrogen) atoms. The molecule has 0 aromatic heterocycles. The maximum absolute atomic E-state index is 5.41. The Morgan fingerprint density at radius 1 is 1.20 bits per heavy atom. The summed E-state index contributed by atoms with van der Waals surface area (Å²) in [5.41, 5.74) is 0. The van der Waals surface area contributed by atoms with E-state index in [-0.39, 0.29) is 0 Å². The Balaban J connectivity index is 1.94. The predicted molar refractivity (Wildman–Crippen MR) is 63.3 cm³/mol. The highest BCUT2D eigenvalue weighted by molar-refractivity contribution is 4.62. The molecule has 0 saturated carbocycles. The van der Waals surface area contributed by atoms with E-state index in [9.17, 15) is 0 Å². The summed E-state index contributed by atoms with van der Waals surface area (Å²) in [4.78, 5) is 4.68. The molecule has 1 aliphatic heterocycles. The average Bonchev–Trinajstić information content (AvgIpc) is 2.45. The van der Waals surface area contributed by atoms with Crippen LogP contribution in [0.25, 0.3) is 0 Å². The Bertz CT molecular complexity index is 145. The summed E-state index contributed by atoms with van der Waals surface area (Å²) < 4.78 is 5.41. The Hall–Kier alpha value is -0.160. The van der Waals surface area contributed by atoms with Crippen molar-refractivity contribution in [2.24, 2.45) is 0 Å². The summed E-state index contributed by atoms with van der Waals surface area (Å²) in [5.74, 6) is 0. The summed E-state index contributed by atoms with van der Waals surface area (Å²) in [7, 11) is 4.21. The van der Waals surface area contributed by atoms with Crippen LogP contribution < -0.4 is 5.32 Å². The fourth-order valence-electron chi connectivity index (χ4n) is 1.69. The third-order valence-corrected chi connectivity index (χ3v) is 2.66. The molecule has 1 heterocycles.